The summed E-state index contributed by atoms with van der Waals surface area (Å²) in [6, 6.07) is 12.9. The summed E-state index contributed by atoms with van der Waals surface area (Å²) < 4.78 is 22.9. The highest BCUT2D eigenvalue weighted by molar-refractivity contribution is 9.10. The van der Waals surface area contributed by atoms with Gasteiger partial charge in [0.25, 0.3) is 0 Å². The van der Waals surface area contributed by atoms with Gasteiger partial charge in [-0.2, -0.15) is 0 Å². The summed E-state index contributed by atoms with van der Waals surface area (Å²) in [4.78, 5) is 13.0. The van der Waals surface area contributed by atoms with Crippen molar-refractivity contribution in [1.82, 2.24) is 0 Å². The fraction of sp³-hybridized carbons (Fsp3) is 0.0952. The molecule has 0 amide bonds. The van der Waals surface area contributed by atoms with Crippen molar-refractivity contribution in [2.24, 2.45) is 0 Å². The molecule has 2 heterocycles. The van der Waals surface area contributed by atoms with Gasteiger partial charge >= 0.3 is 0 Å². The Morgan fingerprint density at radius 3 is 2.70 bits per heavy atom. The molecule has 1 aliphatic heterocycles. The zero-order valence-corrected chi connectivity index (χ0v) is 15.8. The molecule has 27 heavy (non-hydrogen) atoms. The second kappa shape index (κ2) is 6.03. The standard InChI is InChI=1S/C21H13BrO5/c1-24-15-6-5-13-20-12(15)3-2-4-16(20)27-19(21(13)23)8-11-7-17-18(9-14(11)22)26-10-25-17/h2-9H,10H2,1H3. The van der Waals surface area contributed by atoms with Gasteiger partial charge in [0.2, 0.25) is 12.2 Å². The zero-order valence-electron chi connectivity index (χ0n) is 14.2. The normalized spacial score (nSPS) is 13.6. The van der Waals surface area contributed by atoms with Crippen LogP contribution in [-0.4, -0.2) is 13.9 Å². The second-order valence-corrected chi connectivity index (χ2v) is 7.02. The molecule has 0 radical (unpaired) electrons. The summed E-state index contributed by atoms with van der Waals surface area (Å²) in [5, 5.41) is 2.21. The summed E-state index contributed by atoms with van der Waals surface area (Å²) in [5.74, 6) is 2.01. The van der Waals surface area contributed by atoms with Crippen molar-refractivity contribution in [2.45, 2.75) is 0 Å². The van der Waals surface area contributed by atoms with Crippen LogP contribution in [0.25, 0.3) is 27.8 Å². The second-order valence-electron chi connectivity index (χ2n) is 6.16. The van der Waals surface area contributed by atoms with Gasteiger partial charge in [0.15, 0.2) is 16.9 Å². The average Bonchev–Trinajstić information content (AvgIpc) is 3.12. The van der Waals surface area contributed by atoms with Crippen molar-refractivity contribution < 1.29 is 18.6 Å². The van der Waals surface area contributed by atoms with E-state index in [9.17, 15) is 4.79 Å². The van der Waals surface area contributed by atoms with Crippen molar-refractivity contribution in [2.75, 3.05) is 13.9 Å². The lowest BCUT2D eigenvalue weighted by Crippen LogP contribution is -2.24. The molecule has 5 rings (SSSR count). The number of hydrogen-bond donors (Lipinski definition) is 0. The molecular formula is C21H13BrO5. The monoisotopic (exact) mass is 424 g/mol. The van der Waals surface area contributed by atoms with Crippen molar-refractivity contribution in [3.8, 4) is 17.2 Å². The predicted octanol–water partition coefficient (Wildman–Crippen LogP) is 3.99. The van der Waals surface area contributed by atoms with Crippen LogP contribution in [0.2, 0.25) is 0 Å². The van der Waals surface area contributed by atoms with Crippen LogP contribution in [0.4, 0.5) is 0 Å². The molecular weight excluding hydrogens is 412 g/mol. The molecule has 0 atom stereocenters. The van der Waals surface area contributed by atoms with Crippen LogP contribution in [0.15, 0.2) is 56.1 Å². The van der Waals surface area contributed by atoms with Crippen LogP contribution in [0, 0.1) is 0 Å². The molecule has 5 nitrogen and oxygen atoms in total. The van der Waals surface area contributed by atoms with Crippen LogP contribution in [-0.2, 0) is 0 Å². The third kappa shape index (κ3) is 2.48. The first kappa shape index (κ1) is 16.2. The number of hydrogen-bond acceptors (Lipinski definition) is 5. The van der Waals surface area contributed by atoms with E-state index in [1.54, 1.807) is 25.3 Å². The molecule has 3 aromatic carbocycles. The molecule has 0 unspecified atom stereocenters. The first-order valence-corrected chi connectivity index (χ1v) is 9.08. The van der Waals surface area contributed by atoms with Gasteiger partial charge in [-0.15, -0.1) is 0 Å². The number of benzene rings is 3. The summed E-state index contributed by atoms with van der Waals surface area (Å²) in [6.07, 6.45) is 1.71. The van der Waals surface area contributed by atoms with E-state index in [1.807, 2.05) is 30.3 Å². The van der Waals surface area contributed by atoms with Gasteiger partial charge < -0.3 is 18.6 Å². The molecule has 0 saturated carbocycles. The van der Waals surface area contributed by atoms with E-state index in [0.717, 1.165) is 20.8 Å². The van der Waals surface area contributed by atoms with Crippen molar-refractivity contribution in [1.29, 1.82) is 0 Å². The van der Waals surface area contributed by atoms with E-state index in [-0.39, 0.29) is 17.6 Å². The third-order valence-corrected chi connectivity index (χ3v) is 5.34. The molecule has 0 fully saturated rings. The van der Waals surface area contributed by atoms with E-state index in [2.05, 4.69) is 15.9 Å². The molecule has 6 heteroatoms. The highest BCUT2D eigenvalue weighted by atomic mass is 79.9. The van der Waals surface area contributed by atoms with E-state index >= 15 is 0 Å². The SMILES string of the molecule is COc1ccc2c(=O)c(=Cc3cc4c(cc3Br)OCO4)oc3cccc1c32. The number of halogens is 1. The maximum Gasteiger partial charge on any atom is 0.231 e. The molecule has 1 aliphatic rings. The minimum Gasteiger partial charge on any atom is -0.496 e. The van der Waals surface area contributed by atoms with Crippen LogP contribution >= 0.6 is 15.9 Å². The van der Waals surface area contributed by atoms with E-state index in [4.69, 9.17) is 18.6 Å². The van der Waals surface area contributed by atoms with Gasteiger partial charge in [-0.25, -0.2) is 0 Å². The molecule has 0 spiro atoms. The van der Waals surface area contributed by atoms with Gasteiger partial charge in [0.05, 0.1) is 7.11 Å². The van der Waals surface area contributed by atoms with Crippen LogP contribution in [0.5, 0.6) is 17.2 Å². The summed E-state index contributed by atoms with van der Waals surface area (Å²) >= 11 is 3.51. The largest absolute Gasteiger partial charge is 0.496 e. The van der Waals surface area contributed by atoms with Crippen LogP contribution < -0.4 is 25.1 Å². The molecule has 4 aromatic rings. The first-order valence-electron chi connectivity index (χ1n) is 8.29. The fourth-order valence-corrected chi connectivity index (χ4v) is 3.81. The van der Waals surface area contributed by atoms with E-state index in [1.165, 1.54) is 0 Å². The number of methoxy groups -OCH3 is 1. The van der Waals surface area contributed by atoms with Gasteiger partial charge in [0.1, 0.15) is 11.3 Å². The smallest absolute Gasteiger partial charge is 0.231 e. The molecule has 0 N–H and O–H groups in total. The lowest BCUT2D eigenvalue weighted by Gasteiger charge is -2.08. The Kier molecular flexibility index (Phi) is 3.62. The molecule has 0 aliphatic carbocycles. The minimum absolute atomic E-state index is 0.175. The Morgan fingerprint density at radius 2 is 1.89 bits per heavy atom. The molecule has 0 saturated heterocycles. The Bertz CT molecular complexity index is 1320. The maximum absolute atomic E-state index is 13.0. The lowest BCUT2D eigenvalue weighted by atomic mass is 10.0. The molecule has 1 aromatic heterocycles. The van der Waals surface area contributed by atoms with E-state index < -0.39 is 0 Å². The predicted molar refractivity (Wildman–Crippen MR) is 106 cm³/mol. The van der Waals surface area contributed by atoms with Gasteiger partial charge in [0, 0.05) is 20.6 Å². The highest BCUT2D eigenvalue weighted by Crippen LogP contribution is 2.37. The Labute approximate surface area is 161 Å². The Morgan fingerprint density at radius 1 is 1.07 bits per heavy atom. The van der Waals surface area contributed by atoms with Gasteiger partial charge in [-0.3, -0.25) is 4.79 Å². The first-order chi connectivity index (χ1) is 13.2. The number of fused-ring (bicyclic) bond motifs is 1. The van der Waals surface area contributed by atoms with Crippen LogP contribution in [0.3, 0.4) is 0 Å². The quantitative estimate of drug-likeness (QED) is 0.486. The fourth-order valence-electron chi connectivity index (χ4n) is 3.38. The average molecular weight is 425 g/mol. The zero-order chi connectivity index (χ0) is 18.5. The van der Waals surface area contributed by atoms with Crippen molar-refractivity contribution in [3.05, 3.63) is 68.1 Å². The Balaban J connectivity index is 1.82. The topological polar surface area (TPSA) is 57.9 Å². The highest BCUT2D eigenvalue weighted by Gasteiger charge is 2.17. The maximum atomic E-state index is 13.0. The summed E-state index contributed by atoms with van der Waals surface area (Å²) in [7, 11) is 1.61. The molecule has 0 bridgehead atoms. The molecule has 134 valence electrons. The summed E-state index contributed by atoms with van der Waals surface area (Å²) in [5.41, 5.74) is 1.47. The van der Waals surface area contributed by atoms with Crippen molar-refractivity contribution >= 4 is 43.7 Å². The van der Waals surface area contributed by atoms with E-state index in [0.29, 0.717) is 28.2 Å². The third-order valence-electron chi connectivity index (χ3n) is 4.65. The lowest BCUT2D eigenvalue weighted by molar-refractivity contribution is 0.174. The summed E-state index contributed by atoms with van der Waals surface area (Å²) in [6.45, 7) is 0.189. The Hall–Kier alpha value is -2.99. The minimum atomic E-state index is -0.175. The van der Waals surface area contributed by atoms with Gasteiger partial charge in [-0.1, -0.05) is 28.1 Å². The van der Waals surface area contributed by atoms with Crippen LogP contribution in [0.1, 0.15) is 5.56 Å². The van der Waals surface area contributed by atoms with Crippen molar-refractivity contribution in [3.63, 3.8) is 0 Å². The number of rotatable bonds is 2. The van der Waals surface area contributed by atoms with Gasteiger partial charge in [-0.05, 0) is 42.0 Å². The number of ether oxygens (including phenoxy) is 3.